The van der Waals surface area contributed by atoms with Gasteiger partial charge in [-0.05, 0) is 51.2 Å². The number of carbonyl (C=O) groups is 1. The van der Waals surface area contributed by atoms with E-state index in [-0.39, 0.29) is 12.5 Å². The summed E-state index contributed by atoms with van der Waals surface area (Å²) in [5.41, 5.74) is 3.38. The van der Waals surface area contributed by atoms with E-state index < -0.39 is 0 Å². The maximum absolute atomic E-state index is 12.7. The number of hydrogen-bond acceptors (Lipinski definition) is 3. The first-order valence-corrected chi connectivity index (χ1v) is 8.31. The van der Waals surface area contributed by atoms with Crippen molar-refractivity contribution in [3.8, 4) is 5.75 Å². The highest BCUT2D eigenvalue weighted by molar-refractivity contribution is 5.95. The SMILES string of the molecule is Cc1ccc(OCC(=O)N2CCC(N(C)C)c3ccccc32)cc1. The maximum Gasteiger partial charge on any atom is 0.264 e. The normalized spacial score (nSPS) is 16.8. The van der Waals surface area contributed by atoms with Crippen LogP contribution in [0.25, 0.3) is 0 Å². The van der Waals surface area contributed by atoms with Crippen LogP contribution in [0.5, 0.6) is 5.75 Å². The van der Waals surface area contributed by atoms with E-state index in [0.717, 1.165) is 24.4 Å². The molecule has 1 amide bonds. The summed E-state index contributed by atoms with van der Waals surface area (Å²) in [5.74, 6) is 0.727. The summed E-state index contributed by atoms with van der Waals surface area (Å²) < 4.78 is 5.66. The number of rotatable bonds is 4. The van der Waals surface area contributed by atoms with Crippen LogP contribution in [0.2, 0.25) is 0 Å². The van der Waals surface area contributed by atoms with Crippen molar-refractivity contribution >= 4 is 11.6 Å². The van der Waals surface area contributed by atoms with Crippen molar-refractivity contribution in [2.45, 2.75) is 19.4 Å². The molecule has 0 aromatic heterocycles. The van der Waals surface area contributed by atoms with Gasteiger partial charge in [0.05, 0.1) is 0 Å². The van der Waals surface area contributed by atoms with Gasteiger partial charge in [0.25, 0.3) is 5.91 Å². The third-order valence-electron chi connectivity index (χ3n) is 4.52. The molecule has 4 heteroatoms. The van der Waals surface area contributed by atoms with Gasteiger partial charge in [-0.15, -0.1) is 0 Å². The molecular weight excluding hydrogens is 300 g/mol. The summed E-state index contributed by atoms with van der Waals surface area (Å²) in [6.07, 6.45) is 0.931. The van der Waals surface area contributed by atoms with Crippen molar-refractivity contribution in [1.29, 1.82) is 0 Å². The van der Waals surface area contributed by atoms with Crippen molar-refractivity contribution in [3.63, 3.8) is 0 Å². The summed E-state index contributed by atoms with van der Waals surface area (Å²) in [4.78, 5) is 16.7. The third-order valence-corrected chi connectivity index (χ3v) is 4.52. The molecule has 0 radical (unpaired) electrons. The van der Waals surface area contributed by atoms with E-state index in [0.29, 0.717) is 6.04 Å². The number of nitrogens with zero attached hydrogens (tertiary/aromatic N) is 2. The largest absolute Gasteiger partial charge is 0.484 e. The lowest BCUT2D eigenvalue weighted by Crippen LogP contribution is -2.41. The molecule has 1 aliphatic rings. The maximum atomic E-state index is 12.7. The number of aryl methyl sites for hydroxylation is 1. The van der Waals surface area contributed by atoms with Crippen LogP contribution in [-0.4, -0.2) is 38.1 Å². The lowest BCUT2D eigenvalue weighted by molar-refractivity contribution is -0.120. The van der Waals surface area contributed by atoms with Crippen molar-refractivity contribution in [2.24, 2.45) is 0 Å². The van der Waals surface area contributed by atoms with Gasteiger partial charge < -0.3 is 14.5 Å². The molecule has 3 rings (SSSR count). The molecule has 0 saturated carbocycles. The zero-order chi connectivity index (χ0) is 17.1. The molecule has 0 saturated heterocycles. The zero-order valence-corrected chi connectivity index (χ0v) is 14.5. The molecule has 0 spiro atoms. The minimum atomic E-state index is 0.000214. The van der Waals surface area contributed by atoms with Crippen LogP contribution in [0.15, 0.2) is 48.5 Å². The fourth-order valence-electron chi connectivity index (χ4n) is 3.20. The van der Waals surface area contributed by atoms with Gasteiger partial charge in [-0.3, -0.25) is 4.79 Å². The molecule has 1 unspecified atom stereocenters. The number of carbonyl (C=O) groups excluding carboxylic acids is 1. The average Bonchev–Trinajstić information content (AvgIpc) is 2.60. The van der Waals surface area contributed by atoms with E-state index in [1.165, 1.54) is 11.1 Å². The molecule has 1 aliphatic heterocycles. The Morgan fingerprint density at radius 1 is 1.17 bits per heavy atom. The second kappa shape index (κ2) is 7.05. The number of benzene rings is 2. The van der Waals surface area contributed by atoms with E-state index in [1.54, 1.807) is 0 Å². The number of amides is 1. The highest BCUT2D eigenvalue weighted by Crippen LogP contribution is 2.36. The van der Waals surface area contributed by atoms with E-state index in [1.807, 2.05) is 54.3 Å². The predicted molar refractivity (Wildman–Crippen MR) is 96.5 cm³/mol. The summed E-state index contributed by atoms with van der Waals surface area (Å²) in [5, 5.41) is 0. The van der Waals surface area contributed by atoms with Gasteiger partial charge in [0.1, 0.15) is 5.75 Å². The Kier molecular flexibility index (Phi) is 4.86. The van der Waals surface area contributed by atoms with Gasteiger partial charge in [0.15, 0.2) is 6.61 Å². The van der Waals surface area contributed by atoms with Gasteiger partial charge >= 0.3 is 0 Å². The summed E-state index contributed by atoms with van der Waals surface area (Å²) in [7, 11) is 4.17. The number of fused-ring (bicyclic) bond motifs is 1. The first-order chi connectivity index (χ1) is 11.6. The van der Waals surface area contributed by atoms with Crippen LogP contribution in [0, 0.1) is 6.92 Å². The van der Waals surface area contributed by atoms with Crippen molar-refractivity contribution in [1.82, 2.24) is 4.90 Å². The Morgan fingerprint density at radius 2 is 1.88 bits per heavy atom. The number of ether oxygens (including phenoxy) is 1. The molecule has 0 fully saturated rings. The summed E-state index contributed by atoms with van der Waals surface area (Å²) >= 11 is 0. The quantitative estimate of drug-likeness (QED) is 0.864. The smallest absolute Gasteiger partial charge is 0.264 e. The molecular formula is C20H24N2O2. The molecule has 0 N–H and O–H groups in total. The Bertz CT molecular complexity index is 710. The molecule has 4 nitrogen and oxygen atoms in total. The van der Waals surface area contributed by atoms with E-state index >= 15 is 0 Å². The van der Waals surface area contributed by atoms with Crippen LogP contribution in [0.1, 0.15) is 23.6 Å². The van der Waals surface area contributed by atoms with Crippen LogP contribution in [0.4, 0.5) is 5.69 Å². The fraction of sp³-hybridized carbons (Fsp3) is 0.350. The predicted octanol–water partition coefficient (Wildman–Crippen LogP) is 3.41. The Hall–Kier alpha value is -2.33. The first-order valence-electron chi connectivity index (χ1n) is 8.31. The second-order valence-electron chi connectivity index (χ2n) is 6.47. The number of hydrogen-bond donors (Lipinski definition) is 0. The Labute approximate surface area is 143 Å². The lowest BCUT2D eigenvalue weighted by atomic mass is 9.95. The standard InChI is InChI=1S/C20H24N2O2/c1-15-8-10-16(11-9-15)24-14-20(23)22-13-12-18(21(2)3)17-6-4-5-7-19(17)22/h4-11,18H,12-14H2,1-3H3. The van der Waals surface area contributed by atoms with Crippen molar-refractivity contribution in [3.05, 3.63) is 59.7 Å². The highest BCUT2D eigenvalue weighted by atomic mass is 16.5. The Morgan fingerprint density at radius 3 is 2.58 bits per heavy atom. The van der Waals surface area contributed by atoms with Gasteiger partial charge in [0.2, 0.25) is 0 Å². The number of anilines is 1. The van der Waals surface area contributed by atoms with Crippen LogP contribution < -0.4 is 9.64 Å². The summed E-state index contributed by atoms with van der Waals surface area (Å²) in [6.45, 7) is 2.81. The van der Waals surface area contributed by atoms with E-state index in [2.05, 4.69) is 25.1 Å². The average molecular weight is 324 g/mol. The zero-order valence-electron chi connectivity index (χ0n) is 14.5. The van der Waals surface area contributed by atoms with Gasteiger partial charge in [-0.2, -0.15) is 0 Å². The number of para-hydroxylation sites is 1. The van der Waals surface area contributed by atoms with Crippen LogP contribution in [0.3, 0.4) is 0 Å². The van der Waals surface area contributed by atoms with Gasteiger partial charge in [-0.25, -0.2) is 0 Å². The molecule has 0 bridgehead atoms. The lowest BCUT2D eigenvalue weighted by Gasteiger charge is -2.37. The molecule has 2 aromatic carbocycles. The van der Waals surface area contributed by atoms with E-state index in [4.69, 9.17) is 4.74 Å². The van der Waals surface area contributed by atoms with Gasteiger partial charge in [-0.1, -0.05) is 35.9 Å². The molecule has 0 aliphatic carbocycles. The molecule has 1 heterocycles. The van der Waals surface area contributed by atoms with Crippen LogP contribution in [-0.2, 0) is 4.79 Å². The molecule has 24 heavy (non-hydrogen) atoms. The third kappa shape index (κ3) is 3.44. The minimum Gasteiger partial charge on any atom is -0.484 e. The fourth-order valence-corrected chi connectivity index (χ4v) is 3.20. The van der Waals surface area contributed by atoms with Gasteiger partial charge in [0, 0.05) is 18.3 Å². The van der Waals surface area contributed by atoms with Crippen molar-refractivity contribution in [2.75, 3.05) is 32.1 Å². The Balaban J connectivity index is 1.73. The van der Waals surface area contributed by atoms with Crippen molar-refractivity contribution < 1.29 is 9.53 Å². The minimum absolute atomic E-state index is 0.000214. The second-order valence-corrected chi connectivity index (χ2v) is 6.47. The first kappa shape index (κ1) is 16.5. The topological polar surface area (TPSA) is 32.8 Å². The molecule has 2 aromatic rings. The van der Waals surface area contributed by atoms with E-state index in [9.17, 15) is 4.79 Å². The monoisotopic (exact) mass is 324 g/mol. The van der Waals surface area contributed by atoms with Crippen LogP contribution >= 0.6 is 0 Å². The molecule has 1 atom stereocenters. The molecule has 126 valence electrons. The summed E-state index contributed by atoms with van der Waals surface area (Å²) in [6, 6.07) is 16.3. The highest BCUT2D eigenvalue weighted by Gasteiger charge is 2.29.